The fraction of sp³-hybridized carbons (Fsp3) is 0.571. The van der Waals surface area contributed by atoms with Crippen LogP contribution in [0.1, 0.15) is 43.7 Å². The predicted molar refractivity (Wildman–Crippen MR) is 74.7 cm³/mol. The first-order valence-corrected chi connectivity index (χ1v) is 6.91. The van der Waals surface area contributed by atoms with Gasteiger partial charge in [-0.2, -0.15) is 0 Å². The van der Waals surface area contributed by atoms with Crippen LogP contribution in [0.5, 0.6) is 5.75 Å². The zero-order valence-electron chi connectivity index (χ0n) is 10.7. The molecule has 2 rings (SSSR count). The zero-order chi connectivity index (χ0) is 12.6. The van der Waals surface area contributed by atoms with Gasteiger partial charge in [-0.05, 0) is 51.9 Å². The molecule has 0 unspecified atom stereocenters. The number of methoxy groups -OCH3 is 1. The molecule has 0 radical (unpaired) electrons. The fourth-order valence-corrected chi connectivity index (χ4v) is 2.96. The molecule has 17 heavy (non-hydrogen) atoms. The second-order valence-electron chi connectivity index (χ2n) is 5.22. The van der Waals surface area contributed by atoms with Crippen molar-refractivity contribution >= 4 is 15.9 Å². The van der Waals surface area contributed by atoms with Crippen LogP contribution in [0.4, 0.5) is 0 Å². The lowest BCUT2D eigenvalue weighted by Gasteiger charge is -2.19. The summed E-state index contributed by atoms with van der Waals surface area (Å²) < 4.78 is 6.52. The summed E-state index contributed by atoms with van der Waals surface area (Å²) in [5.41, 5.74) is 8.75. The topological polar surface area (TPSA) is 35.2 Å². The minimum Gasteiger partial charge on any atom is -0.495 e. The molecule has 0 aliphatic heterocycles. The van der Waals surface area contributed by atoms with Crippen molar-refractivity contribution in [3.05, 3.63) is 27.7 Å². The van der Waals surface area contributed by atoms with Gasteiger partial charge in [0.15, 0.2) is 0 Å². The van der Waals surface area contributed by atoms with Crippen LogP contribution in [0.2, 0.25) is 0 Å². The molecule has 0 saturated heterocycles. The molecule has 0 bridgehead atoms. The molecule has 3 heteroatoms. The van der Waals surface area contributed by atoms with Gasteiger partial charge in [-0.3, -0.25) is 0 Å². The van der Waals surface area contributed by atoms with E-state index >= 15 is 0 Å². The second-order valence-corrected chi connectivity index (χ2v) is 6.07. The van der Waals surface area contributed by atoms with Gasteiger partial charge in [0.05, 0.1) is 11.6 Å². The van der Waals surface area contributed by atoms with E-state index in [4.69, 9.17) is 10.5 Å². The van der Waals surface area contributed by atoms with Crippen molar-refractivity contribution < 1.29 is 4.74 Å². The maximum atomic E-state index is 5.90. The largest absolute Gasteiger partial charge is 0.495 e. The number of ether oxygens (including phenoxy) is 1. The van der Waals surface area contributed by atoms with E-state index in [2.05, 4.69) is 41.9 Å². The smallest absolute Gasteiger partial charge is 0.136 e. The molecule has 1 aromatic carbocycles. The molecule has 0 spiro atoms. The summed E-state index contributed by atoms with van der Waals surface area (Å²) in [6.45, 7) is 5.12. The first-order valence-electron chi connectivity index (χ1n) is 6.12. The van der Waals surface area contributed by atoms with E-state index in [1.165, 1.54) is 24.0 Å². The average molecular weight is 298 g/mol. The van der Waals surface area contributed by atoms with E-state index in [1.54, 1.807) is 7.11 Å². The Labute approximate surface area is 112 Å². The number of rotatable bonds is 4. The second kappa shape index (κ2) is 4.62. The highest BCUT2D eigenvalue weighted by Crippen LogP contribution is 2.50. The maximum Gasteiger partial charge on any atom is 0.136 e. The quantitative estimate of drug-likeness (QED) is 0.922. The highest BCUT2D eigenvalue weighted by atomic mass is 79.9. The number of hydrogen-bond acceptors (Lipinski definition) is 2. The van der Waals surface area contributed by atoms with Gasteiger partial charge in [0.25, 0.3) is 0 Å². The first-order chi connectivity index (χ1) is 8.04. The van der Waals surface area contributed by atoms with Gasteiger partial charge < -0.3 is 10.5 Å². The van der Waals surface area contributed by atoms with E-state index in [9.17, 15) is 0 Å². The number of benzene rings is 1. The molecule has 1 saturated carbocycles. The van der Waals surface area contributed by atoms with Gasteiger partial charge in [-0.15, -0.1) is 0 Å². The lowest BCUT2D eigenvalue weighted by Crippen LogP contribution is -2.20. The summed E-state index contributed by atoms with van der Waals surface area (Å²) in [7, 11) is 1.72. The number of hydrogen-bond donors (Lipinski definition) is 1. The number of nitrogens with two attached hydrogens (primary N) is 1. The summed E-state index contributed by atoms with van der Waals surface area (Å²) in [6, 6.07) is 4.44. The Hall–Kier alpha value is -0.540. The van der Waals surface area contributed by atoms with E-state index in [1.807, 2.05) is 0 Å². The monoisotopic (exact) mass is 297 g/mol. The fourth-order valence-electron chi connectivity index (χ4n) is 2.33. The summed E-state index contributed by atoms with van der Waals surface area (Å²) in [4.78, 5) is 0. The summed E-state index contributed by atoms with van der Waals surface area (Å²) >= 11 is 3.61. The molecular weight excluding hydrogens is 278 g/mol. The minimum absolute atomic E-state index is 0.235. The Morgan fingerprint density at radius 3 is 2.47 bits per heavy atom. The third kappa shape index (κ3) is 2.23. The van der Waals surface area contributed by atoms with E-state index in [0.29, 0.717) is 5.92 Å². The lowest BCUT2D eigenvalue weighted by molar-refractivity contribution is 0.404. The Morgan fingerprint density at radius 1 is 1.41 bits per heavy atom. The SMILES string of the molecule is COc1c(Br)cc(C2(CN)CC2)cc1C(C)C. The van der Waals surface area contributed by atoms with Crippen molar-refractivity contribution in [2.24, 2.45) is 5.73 Å². The van der Waals surface area contributed by atoms with Crippen molar-refractivity contribution in [3.63, 3.8) is 0 Å². The van der Waals surface area contributed by atoms with Crippen molar-refractivity contribution in [3.8, 4) is 5.75 Å². The summed E-state index contributed by atoms with van der Waals surface area (Å²) in [5, 5.41) is 0. The lowest BCUT2D eigenvalue weighted by atomic mass is 9.91. The van der Waals surface area contributed by atoms with Crippen molar-refractivity contribution in [2.75, 3.05) is 13.7 Å². The summed E-state index contributed by atoms with van der Waals surface area (Å²) in [6.07, 6.45) is 2.42. The van der Waals surface area contributed by atoms with Gasteiger partial charge in [0.1, 0.15) is 5.75 Å². The molecule has 0 heterocycles. The van der Waals surface area contributed by atoms with Crippen LogP contribution in [-0.4, -0.2) is 13.7 Å². The molecule has 2 nitrogen and oxygen atoms in total. The molecule has 1 aromatic rings. The molecule has 2 N–H and O–H groups in total. The van der Waals surface area contributed by atoms with Crippen LogP contribution in [-0.2, 0) is 5.41 Å². The van der Waals surface area contributed by atoms with Gasteiger partial charge in [0, 0.05) is 12.0 Å². The van der Waals surface area contributed by atoms with Gasteiger partial charge in [0.2, 0.25) is 0 Å². The minimum atomic E-state index is 0.235. The normalized spacial score (nSPS) is 17.3. The maximum absolute atomic E-state index is 5.90. The molecular formula is C14H20BrNO. The van der Waals surface area contributed by atoms with Gasteiger partial charge in [-0.25, -0.2) is 0 Å². The third-order valence-corrected chi connectivity index (χ3v) is 4.34. The van der Waals surface area contributed by atoms with E-state index in [-0.39, 0.29) is 5.41 Å². The highest BCUT2D eigenvalue weighted by Gasteiger charge is 2.43. The molecule has 1 aliphatic carbocycles. The predicted octanol–water partition coefficient (Wildman–Crippen LogP) is 3.57. The highest BCUT2D eigenvalue weighted by molar-refractivity contribution is 9.10. The Morgan fingerprint density at radius 2 is 2.06 bits per heavy atom. The molecule has 1 fully saturated rings. The average Bonchev–Trinajstić information content (AvgIpc) is 3.08. The van der Waals surface area contributed by atoms with Crippen LogP contribution >= 0.6 is 15.9 Å². The molecule has 1 aliphatic rings. The van der Waals surface area contributed by atoms with Crippen molar-refractivity contribution in [1.29, 1.82) is 0 Å². The molecule has 0 aromatic heterocycles. The first kappa shape index (κ1) is 12.9. The van der Waals surface area contributed by atoms with Crippen molar-refractivity contribution in [2.45, 2.75) is 38.0 Å². The van der Waals surface area contributed by atoms with Crippen LogP contribution in [0.3, 0.4) is 0 Å². The van der Waals surface area contributed by atoms with Gasteiger partial charge >= 0.3 is 0 Å². The molecule has 0 atom stereocenters. The standard InChI is InChI=1S/C14H20BrNO/c1-9(2)11-6-10(14(8-16)4-5-14)7-12(15)13(11)17-3/h6-7,9H,4-5,8,16H2,1-3H3. The van der Waals surface area contributed by atoms with E-state index in [0.717, 1.165) is 16.8 Å². The van der Waals surface area contributed by atoms with Crippen LogP contribution in [0, 0.1) is 0 Å². The third-order valence-electron chi connectivity index (χ3n) is 3.76. The molecule has 94 valence electrons. The van der Waals surface area contributed by atoms with Crippen molar-refractivity contribution in [1.82, 2.24) is 0 Å². The molecule has 0 amide bonds. The number of halogens is 1. The Balaban J connectivity index is 2.50. The van der Waals surface area contributed by atoms with Crippen LogP contribution in [0.25, 0.3) is 0 Å². The Kier molecular flexibility index (Phi) is 3.50. The van der Waals surface area contributed by atoms with Crippen LogP contribution < -0.4 is 10.5 Å². The van der Waals surface area contributed by atoms with Crippen LogP contribution in [0.15, 0.2) is 16.6 Å². The summed E-state index contributed by atoms with van der Waals surface area (Å²) in [5.74, 6) is 1.41. The van der Waals surface area contributed by atoms with Gasteiger partial charge in [-0.1, -0.05) is 19.9 Å². The Bertz CT molecular complexity index is 424. The van der Waals surface area contributed by atoms with E-state index < -0.39 is 0 Å². The zero-order valence-corrected chi connectivity index (χ0v) is 12.3.